The fourth-order valence-corrected chi connectivity index (χ4v) is 0.996. The number of rotatable bonds is 4. The Labute approximate surface area is 96.2 Å². The minimum Gasteiger partial charge on any atom is -0.444 e. The molecule has 0 rings (SSSR count). The Morgan fingerprint density at radius 2 is 1.94 bits per heavy atom. The van der Waals surface area contributed by atoms with E-state index in [1.54, 1.807) is 20.8 Å². The molecule has 88 valence electrons. The Morgan fingerprint density at radius 1 is 1.31 bits per heavy atom. The molecule has 0 aliphatic heterocycles. The SMILES string of the molecule is CC(C)(C)OC(=O)N(CC#N)CCCC#N. The highest BCUT2D eigenvalue weighted by molar-refractivity contribution is 5.68. The second-order valence-corrected chi connectivity index (χ2v) is 4.32. The number of carbonyl (C=O) groups excluding carboxylic acids is 1. The maximum atomic E-state index is 11.6. The summed E-state index contributed by atoms with van der Waals surface area (Å²) >= 11 is 0. The average Bonchev–Trinajstić information content (AvgIpc) is 2.14. The maximum Gasteiger partial charge on any atom is 0.411 e. The number of amides is 1. The van der Waals surface area contributed by atoms with Crippen molar-refractivity contribution in [1.82, 2.24) is 4.90 Å². The lowest BCUT2D eigenvalue weighted by molar-refractivity contribution is 0.0273. The van der Waals surface area contributed by atoms with Gasteiger partial charge in [-0.1, -0.05) is 0 Å². The van der Waals surface area contributed by atoms with Crippen molar-refractivity contribution in [3.05, 3.63) is 0 Å². The monoisotopic (exact) mass is 223 g/mol. The van der Waals surface area contributed by atoms with E-state index in [-0.39, 0.29) is 6.54 Å². The van der Waals surface area contributed by atoms with E-state index in [4.69, 9.17) is 15.3 Å². The molecule has 0 aromatic carbocycles. The first kappa shape index (κ1) is 14.2. The summed E-state index contributed by atoms with van der Waals surface area (Å²) in [5, 5.41) is 17.0. The van der Waals surface area contributed by atoms with E-state index in [0.717, 1.165) is 0 Å². The minimum absolute atomic E-state index is 0.0135. The predicted molar refractivity (Wildman–Crippen MR) is 58.3 cm³/mol. The molecule has 0 N–H and O–H groups in total. The number of nitrogens with zero attached hydrogens (tertiary/aromatic N) is 3. The average molecular weight is 223 g/mol. The van der Waals surface area contributed by atoms with E-state index in [0.29, 0.717) is 19.4 Å². The summed E-state index contributed by atoms with van der Waals surface area (Å²) in [6, 6.07) is 3.89. The Kier molecular flexibility index (Phi) is 5.95. The van der Waals surface area contributed by atoms with Gasteiger partial charge in [-0.15, -0.1) is 0 Å². The van der Waals surface area contributed by atoms with Gasteiger partial charge in [0.25, 0.3) is 0 Å². The number of hydrogen-bond donors (Lipinski definition) is 0. The van der Waals surface area contributed by atoms with Crippen LogP contribution in [0, 0.1) is 22.7 Å². The molecule has 1 amide bonds. The zero-order valence-electron chi connectivity index (χ0n) is 9.99. The first-order valence-electron chi connectivity index (χ1n) is 5.12. The van der Waals surface area contributed by atoms with Crippen LogP contribution in [0.25, 0.3) is 0 Å². The van der Waals surface area contributed by atoms with Gasteiger partial charge in [0.1, 0.15) is 12.1 Å². The van der Waals surface area contributed by atoms with Crippen molar-refractivity contribution in [3.8, 4) is 12.1 Å². The summed E-state index contributed by atoms with van der Waals surface area (Å²) in [5.41, 5.74) is -0.569. The highest BCUT2D eigenvalue weighted by Crippen LogP contribution is 2.10. The van der Waals surface area contributed by atoms with E-state index in [2.05, 4.69) is 0 Å². The number of nitriles is 2. The molecule has 16 heavy (non-hydrogen) atoms. The summed E-state index contributed by atoms with van der Waals surface area (Å²) in [6.45, 7) is 5.66. The molecular formula is C11H17N3O2. The van der Waals surface area contributed by atoms with E-state index < -0.39 is 11.7 Å². The molecule has 0 unspecified atom stereocenters. The number of carbonyl (C=O) groups is 1. The molecule has 0 fully saturated rings. The largest absolute Gasteiger partial charge is 0.444 e. The lowest BCUT2D eigenvalue weighted by atomic mass is 10.2. The zero-order valence-corrected chi connectivity index (χ0v) is 9.99. The molecule has 0 aromatic rings. The Hall–Kier alpha value is -1.75. The van der Waals surface area contributed by atoms with Crippen molar-refractivity contribution in [2.75, 3.05) is 13.1 Å². The molecular weight excluding hydrogens is 206 g/mol. The third-order valence-corrected chi connectivity index (χ3v) is 1.63. The third kappa shape index (κ3) is 6.67. The molecule has 0 aromatic heterocycles. The summed E-state index contributed by atoms with van der Waals surface area (Å²) in [6.07, 6.45) is 0.411. The molecule has 0 atom stereocenters. The van der Waals surface area contributed by atoms with Gasteiger partial charge < -0.3 is 4.74 Å². The summed E-state index contributed by atoms with van der Waals surface area (Å²) in [5.74, 6) is 0. The first-order chi connectivity index (χ1) is 7.40. The van der Waals surface area contributed by atoms with Crippen LogP contribution in [-0.2, 0) is 4.74 Å². The van der Waals surface area contributed by atoms with E-state index >= 15 is 0 Å². The lowest BCUT2D eigenvalue weighted by Crippen LogP contribution is -2.37. The molecule has 0 heterocycles. The summed E-state index contributed by atoms with van der Waals surface area (Å²) in [4.78, 5) is 12.9. The van der Waals surface area contributed by atoms with Crippen molar-refractivity contribution < 1.29 is 9.53 Å². The minimum atomic E-state index is -0.569. The van der Waals surface area contributed by atoms with Crippen LogP contribution < -0.4 is 0 Å². The third-order valence-electron chi connectivity index (χ3n) is 1.63. The van der Waals surface area contributed by atoms with Gasteiger partial charge in [-0.05, 0) is 27.2 Å². The van der Waals surface area contributed by atoms with Crippen LogP contribution in [0.2, 0.25) is 0 Å². The van der Waals surface area contributed by atoms with Crippen molar-refractivity contribution in [2.24, 2.45) is 0 Å². The molecule has 0 spiro atoms. The normalized spacial score (nSPS) is 10.1. The summed E-state index contributed by atoms with van der Waals surface area (Å²) < 4.78 is 5.14. The highest BCUT2D eigenvalue weighted by atomic mass is 16.6. The van der Waals surface area contributed by atoms with Gasteiger partial charge in [0.05, 0.1) is 12.1 Å². The fourth-order valence-electron chi connectivity index (χ4n) is 0.996. The number of hydrogen-bond acceptors (Lipinski definition) is 4. The smallest absolute Gasteiger partial charge is 0.411 e. The van der Waals surface area contributed by atoms with Crippen LogP contribution in [0.4, 0.5) is 4.79 Å². The zero-order chi connectivity index (χ0) is 12.6. The standard InChI is InChI=1S/C11H17N3O2/c1-11(2,3)16-10(15)14(9-7-13)8-5-4-6-12/h4-5,8-9H2,1-3H3. The van der Waals surface area contributed by atoms with Gasteiger partial charge in [0, 0.05) is 13.0 Å². The molecule has 5 heteroatoms. The van der Waals surface area contributed by atoms with Crippen LogP contribution in [-0.4, -0.2) is 29.7 Å². The topological polar surface area (TPSA) is 77.1 Å². The van der Waals surface area contributed by atoms with E-state index in [1.807, 2.05) is 12.1 Å². The van der Waals surface area contributed by atoms with Crippen LogP contribution in [0.5, 0.6) is 0 Å². The fraction of sp³-hybridized carbons (Fsp3) is 0.727. The molecule has 0 aliphatic carbocycles. The van der Waals surface area contributed by atoms with Crippen LogP contribution in [0.3, 0.4) is 0 Å². The van der Waals surface area contributed by atoms with Crippen molar-refractivity contribution >= 4 is 6.09 Å². The first-order valence-corrected chi connectivity index (χ1v) is 5.12. The second-order valence-electron chi connectivity index (χ2n) is 4.32. The van der Waals surface area contributed by atoms with Crippen molar-refractivity contribution in [1.29, 1.82) is 10.5 Å². The van der Waals surface area contributed by atoms with Gasteiger partial charge in [-0.3, -0.25) is 4.90 Å². The number of ether oxygens (including phenoxy) is 1. The Morgan fingerprint density at radius 3 is 2.38 bits per heavy atom. The van der Waals surface area contributed by atoms with Crippen molar-refractivity contribution in [3.63, 3.8) is 0 Å². The Bertz CT molecular complexity index is 307. The number of unbranched alkanes of at least 4 members (excludes halogenated alkanes) is 1. The van der Waals surface area contributed by atoms with Gasteiger partial charge in [0.15, 0.2) is 0 Å². The molecule has 0 aliphatic rings. The maximum absolute atomic E-state index is 11.6. The van der Waals surface area contributed by atoms with Crippen molar-refractivity contribution in [2.45, 2.75) is 39.2 Å². The molecule has 0 radical (unpaired) electrons. The molecule has 0 saturated carbocycles. The van der Waals surface area contributed by atoms with Crippen LogP contribution in [0.15, 0.2) is 0 Å². The highest BCUT2D eigenvalue weighted by Gasteiger charge is 2.21. The van der Waals surface area contributed by atoms with E-state index in [1.165, 1.54) is 4.90 Å². The van der Waals surface area contributed by atoms with Crippen LogP contribution in [0.1, 0.15) is 33.6 Å². The quantitative estimate of drug-likeness (QED) is 0.539. The second kappa shape index (κ2) is 6.68. The lowest BCUT2D eigenvalue weighted by Gasteiger charge is -2.25. The summed E-state index contributed by atoms with van der Waals surface area (Å²) in [7, 11) is 0. The van der Waals surface area contributed by atoms with Gasteiger partial charge in [0.2, 0.25) is 0 Å². The van der Waals surface area contributed by atoms with E-state index in [9.17, 15) is 4.79 Å². The Balaban J connectivity index is 4.26. The van der Waals surface area contributed by atoms with Gasteiger partial charge in [-0.25, -0.2) is 4.79 Å². The molecule has 0 saturated heterocycles. The van der Waals surface area contributed by atoms with Crippen LogP contribution >= 0.6 is 0 Å². The van der Waals surface area contributed by atoms with Gasteiger partial charge in [-0.2, -0.15) is 10.5 Å². The predicted octanol–water partition coefficient (Wildman–Crippen LogP) is 2.05. The molecule has 0 bridgehead atoms. The van der Waals surface area contributed by atoms with Gasteiger partial charge >= 0.3 is 6.09 Å². The molecule has 5 nitrogen and oxygen atoms in total.